The Morgan fingerprint density at radius 3 is 2.33 bits per heavy atom. The molecule has 3 heteroatoms. The van der Waals surface area contributed by atoms with E-state index < -0.39 is 0 Å². The van der Waals surface area contributed by atoms with Crippen molar-refractivity contribution < 1.29 is 0 Å². The Balaban J connectivity index is 1.43. The Morgan fingerprint density at radius 2 is 1.67 bits per heavy atom. The van der Waals surface area contributed by atoms with Gasteiger partial charge in [0.2, 0.25) is 0 Å². The number of hydrogen-bond donors (Lipinski definition) is 0. The van der Waals surface area contributed by atoms with E-state index in [4.69, 9.17) is 0 Å². The number of likely N-dealkylation sites (N-methyl/N-ethyl adjacent to an activating group) is 1. The summed E-state index contributed by atoms with van der Waals surface area (Å²) in [6, 6.07) is 11.6. The molecule has 0 aromatic heterocycles. The first-order valence-electron chi connectivity index (χ1n) is 7.00. The first-order valence-corrected chi connectivity index (χ1v) is 7.00. The summed E-state index contributed by atoms with van der Waals surface area (Å²) in [4.78, 5) is 7.65. The van der Waals surface area contributed by atoms with Gasteiger partial charge in [0.05, 0.1) is 0 Å². The topological polar surface area (TPSA) is 9.72 Å². The second-order valence-corrected chi connectivity index (χ2v) is 5.67. The molecule has 1 aromatic carbocycles. The number of rotatable bonds is 3. The maximum absolute atomic E-state index is 2.67. The fraction of sp³-hybridized carbons (Fsp3) is 0.600. The lowest BCUT2D eigenvalue weighted by Crippen LogP contribution is -2.62. The van der Waals surface area contributed by atoms with Crippen molar-refractivity contribution in [3.05, 3.63) is 35.9 Å². The van der Waals surface area contributed by atoms with Crippen LogP contribution in [0.1, 0.15) is 5.56 Å². The van der Waals surface area contributed by atoms with Crippen LogP contribution in [0.4, 0.5) is 0 Å². The fourth-order valence-corrected chi connectivity index (χ4v) is 2.93. The van der Waals surface area contributed by atoms with E-state index in [0.717, 1.165) is 12.6 Å². The lowest BCUT2D eigenvalue weighted by atomic mass is 10.0. The average molecular weight is 245 g/mol. The van der Waals surface area contributed by atoms with Crippen molar-refractivity contribution in [3.8, 4) is 0 Å². The third-order valence-corrected chi connectivity index (χ3v) is 4.24. The highest BCUT2D eigenvalue weighted by Gasteiger charge is 2.32. The van der Waals surface area contributed by atoms with E-state index >= 15 is 0 Å². The number of likely N-dealkylation sites (tertiary alicyclic amines) is 1. The predicted molar refractivity (Wildman–Crippen MR) is 74.6 cm³/mol. The largest absolute Gasteiger partial charge is 0.304 e. The molecule has 0 amide bonds. The van der Waals surface area contributed by atoms with Crippen molar-refractivity contribution in [1.82, 2.24) is 14.7 Å². The van der Waals surface area contributed by atoms with Gasteiger partial charge < -0.3 is 4.90 Å². The van der Waals surface area contributed by atoms with Crippen LogP contribution in [0.5, 0.6) is 0 Å². The molecule has 0 radical (unpaired) electrons. The zero-order valence-electron chi connectivity index (χ0n) is 11.3. The maximum atomic E-state index is 2.67. The van der Waals surface area contributed by atoms with E-state index in [2.05, 4.69) is 52.1 Å². The highest BCUT2D eigenvalue weighted by Crippen LogP contribution is 2.19. The maximum Gasteiger partial charge on any atom is 0.0351 e. The average Bonchev–Trinajstić information content (AvgIpc) is 2.36. The number of benzene rings is 1. The van der Waals surface area contributed by atoms with Crippen LogP contribution in [0.2, 0.25) is 0 Å². The minimum atomic E-state index is 0.808. The summed E-state index contributed by atoms with van der Waals surface area (Å²) in [7, 11) is 2.22. The van der Waals surface area contributed by atoms with E-state index in [1.165, 1.54) is 44.8 Å². The molecule has 0 aliphatic carbocycles. The highest BCUT2D eigenvalue weighted by atomic mass is 15.3. The van der Waals surface area contributed by atoms with Crippen molar-refractivity contribution >= 4 is 0 Å². The molecule has 2 heterocycles. The van der Waals surface area contributed by atoms with Crippen LogP contribution in [-0.2, 0) is 6.54 Å². The summed E-state index contributed by atoms with van der Waals surface area (Å²) in [5.41, 5.74) is 1.44. The molecule has 98 valence electrons. The standard InChI is InChI=1S/C15H23N3/c1-16-7-9-18(10-8-16)15-12-17(13-15)11-14-5-3-2-4-6-14/h2-6,15H,7-13H2,1H3. The third kappa shape index (κ3) is 2.74. The smallest absolute Gasteiger partial charge is 0.0351 e. The quantitative estimate of drug-likeness (QED) is 0.790. The Kier molecular flexibility index (Phi) is 3.64. The molecule has 1 aromatic rings. The lowest BCUT2D eigenvalue weighted by molar-refractivity contribution is 0.00545. The first-order chi connectivity index (χ1) is 8.81. The second kappa shape index (κ2) is 5.39. The van der Waals surface area contributed by atoms with Gasteiger partial charge in [-0.3, -0.25) is 9.80 Å². The van der Waals surface area contributed by atoms with Crippen molar-refractivity contribution in [3.63, 3.8) is 0 Å². The van der Waals surface area contributed by atoms with E-state index in [-0.39, 0.29) is 0 Å². The van der Waals surface area contributed by atoms with Crippen LogP contribution in [0, 0.1) is 0 Å². The Labute approximate surface area is 110 Å². The van der Waals surface area contributed by atoms with Crippen LogP contribution >= 0.6 is 0 Å². The van der Waals surface area contributed by atoms with E-state index in [0.29, 0.717) is 0 Å². The molecule has 0 N–H and O–H groups in total. The fourth-order valence-electron chi connectivity index (χ4n) is 2.93. The summed E-state index contributed by atoms with van der Waals surface area (Å²) < 4.78 is 0. The zero-order valence-corrected chi connectivity index (χ0v) is 11.3. The van der Waals surface area contributed by atoms with Crippen LogP contribution in [-0.4, -0.2) is 67.1 Å². The molecular weight excluding hydrogens is 222 g/mol. The Bertz CT molecular complexity index is 365. The molecule has 0 bridgehead atoms. The normalized spacial score (nSPS) is 24.1. The summed E-state index contributed by atoms with van der Waals surface area (Å²) in [6.07, 6.45) is 0. The molecule has 2 fully saturated rings. The van der Waals surface area contributed by atoms with Gasteiger partial charge in [0.25, 0.3) is 0 Å². The molecule has 3 rings (SSSR count). The van der Waals surface area contributed by atoms with Crippen LogP contribution in [0.15, 0.2) is 30.3 Å². The van der Waals surface area contributed by atoms with E-state index in [1.54, 1.807) is 0 Å². The molecule has 0 unspecified atom stereocenters. The Morgan fingerprint density at radius 1 is 1.00 bits per heavy atom. The minimum Gasteiger partial charge on any atom is -0.304 e. The summed E-state index contributed by atoms with van der Waals surface area (Å²) in [6.45, 7) is 8.58. The summed E-state index contributed by atoms with van der Waals surface area (Å²) in [5, 5.41) is 0. The van der Waals surface area contributed by atoms with Gasteiger partial charge >= 0.3 is 0 Å². The third-order valence-electron chi connectivity index (χ3n) is 4.24. The molecule has 3 nitrogen and oxygen atoms in total. The van der Waals surface area contributed by atoms with Crippen molar-refractivity contribution in [1.29, 1.82) is 0 Å². The lowest BCUT2D eigenvalue weighted by Gasteiger charge is -2.48. The summed E-state index contributed by atoms with van der Waals surface area (Å²) in [5.74, 6) is 0. The molecule has 0 saturated carbocycles. The first kappa shape index (κ1) is 12.2. The van der Waals surface area contributed by atoms with E-state index in [1.807, 2.05) is 0 Å². The SMILES string of the molecule is CN1CCN(C2CN(Cc3ccccc3)C2)CC1. The van der Waals surface area contributed by atoms with Crippen LogP contribution in [0.3, 0.4) is 0 Å². The molecule has 18 heavy (non-hydrogen) atoms. The monoisotopic (exact) mass is 245 g/mol. The van der Waals surface area contributed by atoms with E-state index in [9.17, 15) is 0 Å². The van der Waals surface area contributed by atoms with Crippen molar-refractivity contribution in [2.45, 2.75) is 12.6 Å². The molecule has 0 atom stereocenters. The van der Waals surface area contributed by atoms with Gasteiger partial charge in [-0.25, -0.2) is 0 Å². The molecule has 2 saturated heterocycles. The van der Waals surface area contributed by atoms with Gasteiger partial charge in [0.1, 0.15) is 0 Å². The van der Waals surface area contributed by atoms with Gasteiger partial charge in [-0.2, -0.15) is 0 Å². The van der Waals surface area contributed by atoms with Gasteiger partial charge in [-0.05, 0) is 12.6 Å². The predicted octanol–water partition coefficient (Wildman–Crippen LogP) is 1.12. The molecule has 0 spiro atoms. The number of hydrogen-bond acceptors (Lipinski definition) is 3. The van der Waals surface area contributed by atoms with Gasteiger partial charge in [-0.15, -0.1) is 0 Å². The molecular formula is C15H23N3. The van der Waals surface area contributed by atoms with Crippen molar-refractivity contribution in [2.24, 2.45) is 0 Å². The Hall–Kier alpha value is -0.900. The minimum absolute atomic E-state index is 0.808. The van der Waals surface area contributed by atoms with Crippen LogP contribution in [0.25, 0.3) is 0 Å². The van der Waals surface area contributed by atoms with Gasteiger partial charge in [0.15, 0.2) is 0 Å². The van der Waals surface area contributed by atoms with Gasteiger partial charge in [0, 0.05) is 51.9 Å². The summed E-state index contributed by atoms with van der Waals surface area (Å²) >= 11 is 0. The number of piperazine rings is 1. The zero-order chi connectivity index (χ0) is 12.4. The molecule has 2 aliphatic heterocycles. The number of nitrogens with zero attached hydrogens (tertiary/aromatic N) is 3. The van der Waals surface area contributed by atoms with Crippen molar-refractivity contribution in [2.75, 3.05) is 46.3 Å². The second-order valence-electron chi connectivity index (χ2n) is 5.67. The highest BCUT2D eigenvalue weighted by molar-refractivity contribution is 5.15. The van der Waals surface area contributed by atoms with Crippen LogP contribution < -0.4 is 0 Å². The molecule has 2 aliphatic rings. The van der Waals surface area contributed by atoms with Gasteiger partial charge in [-0.1, -0.05) is 30.3 Å².